The van der Waals surface area contributed by atoms with E-state index in [1.165, 1.54) is 0 Å². The van der Waals surface area contributed by atoms with Crippen molar-refractivity contribution < 1.29 is 57.7 Å². The van der Waals surface area contributed by atoms with Crippen molar-refractivity contribution in [3.05, 3.63) is 0 Å². The van der Waals surface area contributed by atoms with Gasteiger partial charge in [0.2, 0.25) is 0 Å². The summed E-state index contributed by atoms with van der Waals surface area (Å²) in [5, 5.41) is 0. The van der Waals surface area contributed by atoms with E-state index in [-0.39, 0.29) is 29.6 Å². The second-order valence-corrected chi connectivity index (χ2v) is 1.50. The molecule has 0 aromatic carbocycles. The quantitative estimate of drug-likeness (QED) is 0.336. The zero-order chi connectivity index (χ0) is 7.15. The van der Waals surface area contributed by atoms with Gasteiger partial charge in [-0.15, -0.1) is 0 Å². The maximum absolute atomic E-state index is 8.52. The summed E-state index contributed by atoms with van der Waals surface area (Å²) in [7, 11) is -7.26. The van der Waals surface area contributed by atoms with Crippen molar-refractivity contribution in [2.24, 2.45) is 0 Å². The van der Waals surface area contributed by atoms with Crippen LogP contribution in [0.15, 0.2) is 0 Å². The Morgan fingerprint density at radius 3 is 0.778 bits per heavy atom. The monoisotopic (exact) mass is 175 g/mol. The third-order valence-electron chi connectivity index (χ3n) is 0. The van der Waals surface area contributed by atoms with Gasteiger partial charge in [-0.2, -0.15) is 0 Å². The fraction of sp³-hybridized carbons (Fsp3) is 0. The number of rotatable bonds is 0. The van der Waals surface area contributed by atoms with E-state index >= 15 is 0 Å². The minimum absolute atomic E-state index is 0. The Labute approximate surface area is 75.9 Å². The van der Waals surface area contributed by atoms with Crippen LogP contribution in [0.25, 0.3) is 0 Å². The molecule has 0 aliphatic heterocycles. The molecule has 0 aromatic heterocycles. The van der Waals surface area contributed by atoms with E-state index in [1.54, 1.807) is 0 Å². The van der Waals surface area contributed by atoms with Crippen LogP contribution in [0.5, 0.6) is 0 Å². The van der Waals surface area contributed by atoms with Crippen LogP contribution in [0.3, 0.4) is 0 Å². The second-order valence-electron chi connectivity index (χ2n) is 0.500. The molecule has 9 heavy (non-hydrogen) atoms. The largest absolute Gasteiger partial charge is 1.00 e. The Hall–Kier alpha value is 0.234. The van der Waals surface area contributed by atoms with Gasteiger partial charge in [-0.25, -0.2) is 0 Å². The average molecular weight is 175 g/mol. The zero-order valence-corrected chi connectivity index (χ0v) is 8.45. The molecule has 9 heteroatoms. The van der Waals surface area contributed by atoms with Gasteiger partial charge in [-0.1, -0.05) is 0 Å². The van der Waals surface area contributed by atoms with Gasteiger partial charge < -0.3 is 28.1 Å². The molecule has 0 fully saturated rings. The Kier molecular flexibility index (Phi) is 19.8. The summed E-state index contributed by atoms with van der Waals surface area (Å²) in [5.74, 6) is 0. The van der Waals surface area contributed by atoms with E-state index < -0.39 is 18.3 Å². The molecule has 6 nitrogen and oxygen atoms in total. The van der Waals surface area contributed by atoms with Gasteiger partial charge in [0.05, 0.1) is 0 Å². The zero-order valence-electron chi connectivity index (χ0n) is 4.45. The molecule has 48 valence electrons. The summed E-state index contributed by atoms with van der Waals surface area (Å²) in [6.07, 6.45) is 0. The Bertz CT molecular complexity index is 69.1. The summed E-state index contributed by atoms with van der Waals surface area (Å²) >= 11 is 0. The van der Waals surface area contributed by atoms with Crippen LogP contribution in [0.4, 0.5) is 0 Å². The van der Waals surface area contributed by atoms with Crippen molar-refractivity contribution >= 4 is 18.3 Å². The molecule has 0 amide bonds. The Morgan fingerprint density at radius 2 is 0.778 bits per heavy atom. The predicted octanol–water partition coefficient (Wildman–Crippen LogP) is -8.75. The van der Waals surface area contributed by atoms with Gasteiger partial charge in [0.1, 0.15) is 0 Å². The molecule has 0 saturated carbocycles. The second kappa shape index (κ2) is 11.1. The molecular formula is NaO6Si2-3. The third kappa shape index (κ3) is 5860. The number of hydrogen-bond donors (Lipinski definition) is 0. The van der Waals surface area contributed by atoms with Gasteiger partial charge in [0, 0.05) is 18.3 Å². The van der Waals surface area contributed by atoms with Gasteiger partial charge >= 0.3 is 29.6 Å². The van der Waals surface area contributed by atoms with Crippen LogP contribution in [0.2, 0.25) is 0 Å². The molecule has 0 radical (unpaired) electrons. The number of hydrogen-bond acceptors (Lipinski definition) is 6. The molecule has 0 aromatic rings. The van der Waals surface area contributed by atoms with Gasteiger partial charge in [0.25, 0.3) is 0 Å². The van der Waals surface area contributed by atoms with Gasteiger partial charge in [0.15, 0.2) is 0 Å². The van der Waals surface area contributed by atoms with Crippen molar-refractivity contribution in [1.82, 2.24) is 0 Å². The first-order chi connectivity index (χ1) is 3.46. The molecule has 0 spiro atoms. The van der Waals surface area contributed by atoms with Crippen LogP contribution >= 0.6 is 0 Å². The van der Waals surface area contributed by atoms with Gasteiger partial charge in [-0.3, -0.25) is 0 Å². The van der Waals surface area contributed by atoms with Crippen molar-refractivity contribution in [2.75, 3.05) is 0 Å². The molecule has 0 saturated heterocycles. The van der Waals surface area contributed by atoms with Crippen LogP contribution in [-0.4, -0.2) is 18.3 Å². The fourth-order valence-electron chi connectivity index (χ4n) is 0. The normalized spacial score (nSPS) is 5.33. The molecule has 0 N–H and O–H groups in total. The van der Waals surface area contributed by atoms with Crippen molar-refractivity contribution in [3.8, 4) is 0 Å². The van der Waals surface area contributed by atoms with Crippen LogP contribution in [0.1, 0.15) is 0 Å². The topological polar surface area (TPSA) is 126 Å². The van der Waals surface area contributed by atoms with Crippen LogP contribution in [0, 0.1) is 0 Å². The minimum atomic E-state index is -3.63. The Balaban J connectivity index is -0.0000000720. The first-order valence-corrected chi connectivity index (χ1v) is 3.67. The summed E-state index contributed by atoms with van der Waals surface area (Å²) in [5.41, 5.74) is 0. The van der Waals surface area contributed by atoms with E-state index in [0.29, 0.717) is 0 Å². The SMILES string of the molecule is O=[Si]([O-])[O-].O=[Si]([O-])[O-].[Na+]. The predicted molar refractivity (Wildman–Crippen MR) is 12.9 cm³/mol. The first kappa shape index (κ1) is 16.1. The van der Waals surface area contributed by atoms with E-state index in [1.807, 2.05) is 0 Å². The van der Waals surface area contributed by atoms with Crippen molar-refractivity contribution in [1.29, 1.82) is 0 Å². The van der Waals surface area contributed by atoms with Crippen LogP contribution in [-0.2, 0) is 8.92 Å². The summed E-state index contributed by atoms with van der Waals surface area (Å²) in [6.45, 7) is 0. The maximum Gasteiger partial charge on any atom is 1.00 e. The first-order valence-electron chi connectivity index (χ1n) is 1.22. The average Bonchev–Trinajstić information content (AvgIpc) is 1.25. The standard InChI is InChI=1S/Na.2O3Si/c;2*1-4(2)3/q+1;2*-2. The fourth-order valence-corrected chi connectivity index (χ4v) is 0. The smallest absolute Gasteiger partial charge is 0.672 e. The summed E-state index contributed by atoms with van der Waals surface area (Å²) in [6, 6.07) is 0. The van der Waals surface area contributed by atoms with Gasteiger partial charge in [-0.05, 0) is 0 Å². The molecule has 0 rings (SSSR count). The third-order valence-corrected chi connectivity index (χ3v) is 0. The van der Waals surface area contributed by atoms with E-state index in [9.17, 15) is 0 Å². The van der Waals surface area contributed by atoms with Crippen molar-refractivity contribution in [2.45, 2.75) is 0 Å². The molecule has 0 aliphatic carbocycles. The summed E-state index contributed by atoms with van der Waals surface area (Å²) in [4.78, 5) is 34.1. The minimum Gasteiger partial charge on any atom is -0.672 e. The molecular weight excluding hydrogens is 175 g/mol. The maximum atomic E-state index is 8.52. The van der Waals surface area contributed by atoms with Crippen LogP contribution < -0.4 is 48.7 Å². The molecule has 0 bridgehead atoms. The van der Waals surface area contributed by atoms with E-state index in [4.69, 9.17) is 28.1 Å². The molecule has 0 unspecified atom stereocenters. The van der Waals surface area contributed by atoms with E-state index in [2.05, 4.69) is 0 Å². The Morgan fingerprint density at radius 1 is 0.778 bits per heavy atom. The summed E-state index contributed by atoms with van der Waals surface area (Å²) < 4.78 is 17.0. The van der Waals surface area contributed by atoms with E-state index in [0.717, 1.165) is 0 Å². The molecule has 0 atom stereocenters. The molecule has 0 aliphatic rings. The van der Waals surface area contributed by atoms with Crippen molar-refractivity contribution in [3.63, 3.8) is 0 Å². The molecule has 0 heterocycles.